The molecule has 21 heavy (non-hydrogen) atoms. The number of rotatable bonds is 5. The van der Waals surface area contributed by atoms with Gasteiger partial charge >= 0.3 is 0 Å². The van der Waals surface area contributed by atoms with Crippen molar-refractivity contribution < 1.29 is 0 Å². The van der Waals surface area contributed by atoms with Gasteiger partial charge in [0.2, 0.25) is 0 Å². The number of unbranched alkanes of at least 4 members (excludes halogenated alkanes) is 2. The third-order valence-corrected chi connectivity index (χ3v) is 6.06. The lowest BCUT2D eigenvalue weighted by Gasteiger charge is -2.39. The summed E-state index contributed by atoms with van der Waals surface area (Å²) in [6.45, 7) is 2.28. The highest BCUT2D eigenvalue weighted by molar-refractivity contribution is 5.26. The maximum absolute atomic E-state index is 2.44. The first-order valence-electron chi connectivity index (χ1n) is 9.45. The van der Waals surface area contributed by atoms with Crippen molar-refractivity contribution >= 4 is 0 Å². The van der Waals surface area contributed by atoms with E-state index in [-0.39, 0.29) is 0 Å². The van der Waals surface area contributed by atoms with E-state index in [1.165, 1.54) is 70.6 Å². The first-order chi connectivity index (χ1) is 10.4. The highest BCUT2D eigenvalue weighted by Crippen LogP contribution is 2.45. The standard InChI is InChI=1S/C21H32/c1-2-3-4-7-17-10-12-19(13-11-17)21-15-14-18-8-5-6-9-20(18)16-21/h10-13,18,20-21H,2-9,14-16H2,1H3/t18-,20-,21-/m1/s1. The van der Waals surface area contributed by atoms with Crippen molar-refractivity contribution in [1.82, 2.24) is 0 Å². The number of fused-ring (bicyclic) bond motifs is 1. The normalized spacial score (nSPS) is 29.1. The first kappa shape index (κ1) is 15.1. The molecule has 116 valence electrons. The van der Waals surface area contributed by atoms with Gasteiger partial charge in [0.15, 0.2) is 0 Å². The van der Waals surface area contributed by atoms with Crippen molar-refractivity contribution in [3.63, 3.8) is 0 Å². The molecule has 0 unspecified atom stereocenters. The molecule has 1 aromatic rings. The van der Waals surface area contributed by atoms with Crippen LogP contribution >= 0.6 is 0 Å². The maximum Gasteiger partial charge on any atom is -0.0159 e. The fourth-order valence-corrected chi connectivity index (χ4v) is 4.71. The van der Waals surface area contributed by atoms with Crippen LogP contribution in [0.5, 0.6) is 0 Å². The van der Waals surface area contributed by atoms with Gasteiger partial charge in [-0.25, -0.2) is 0 Å². The highest BCUT2D eigenvalue weighted by Gasteiger charge is 2.32. The van der Waals surface area contributed by atoms with Crippen LogP contribution in [0, 0.1) is 11.8 Å². The Hall–Kier alpha value is -0.780. The number of hydrogen-bond acceptors (Lipinski definition) is 0. The molecule has 1 aromatic carbocycles. The highest BCUT2D eigenvalue weighted by atomic mass is 14.4. The second-order valence-corrected chi connectivity index (χ2v) is 7.51. The Balaban J connectivity index is 1.56. The molecule has 0 N–H and O–H groups in total. The minimum absolute atomic E-state index is 0.856. The minimum Gasteiger partial charge on any atom is -0.0654 e. The van der Waals surface area contributed by atoms with Crippen LogP contribution in [0.15, 0.2) is 24.3 Å². The molecule has 2 aliphatic rings. The van der Waals surface area contributed by atoms with Crippen molar-refractivity contribution in [2.45, 2.75) is 83.5 Å². The van der Waals surface area contributed by atoms with Gasteiger partial charge in [0.05, 0.1) is 0 Å². The van der Waals surface area contributed by atoms with E-state index in [0.29, 0.717) is 0 Å². The average molecular weight is 284 g/mol. The molecule has 2 fully saturated rings. The van der Waals surface area contributed by atoms with Crippen LogP contribution in [0.25, 0.3) is 0 Å². The smallest absolute Gasteiger partial charge is 0.0159 e. The summed E-state index contributed by atoms with van der Waals surface area (Å²) in [4.78, 5) is 0. The molecule has 0 aromatic heterocycles. The van der Waals surface area contributed by atoms with Crippen molar-refractivity contribution in [2.75, 3.05) is 0 Å². The van der Waals surface area contributed by atoms with Crippen molar-refractivity contribution in [2.24, 2.45) is 11.8 Å². The molecule has 0 spiro atoms. The molecular weight excluding hydrogens is 252 g/mol. The summed E-state index contributed by atoms with van der Waals surface area (Å²) in [6, 6.07) is 9.68. The fourth-order valence-electron chi connectivity index (χ4n) is 4.71. The maximum atomic E-state index is 2.44. The molecule has 0 radical (unpaired) electrons. The van der Waals surface area contributed by atoms with Gasteiger partial charge < -0.3 is 0 Å². The summed E-state index contributed by atoms with van der Waals surface area (Å²) in [5.74, 6) is 2.97. The third-order valence-electron chi connectivity index (χ3n) is 6.06. The van der Waals surface area contributed by atoms with Gasteiger partial charge in [0, 0.05) is 0 Å². The van der Waals surface area contributed by atoms with Crippen molar-refractivity contribution in [3.8, 4) is 0 Å². The van der Waals surface area contributed by atoms with Gasteiger partial charge in [0.25, 0.3) is 0 Å². The Labute approximate surface area is 131 Å². The van der Waals surface area contributed by atoms with Crippen LogP contribution in [-0.2, 0) is 6.42 Å². The van der Waals surface area contributed by atoms with Gasteiger partial charge in [-0.1, -0.05) is 69.7 Å². The van der Waals surface area contributed by atoms with E-state index in [1.54, 1.807) is 11.1 Å². The Morgan fingerprint density at radius 3 is 2.38 bits per heavy atom. The second-order valence-electron chi connectivity index (χ2n) is 7.51. The summed E-state index contributed by atoms with van der Waals surface area (Å²) >= 11 is 0. The number of aryl methyl sites for hydroxylation is 1. The van der Waals surface area contributed by atoms with E-state index in [4.69, 9.17) is 0 Å². The monoisotopic (exact) mass is 284 g/mol. The molecule has 0 saturated heterocycles. The zero-order valence-electron chi connectivity index (χ0n) is 13.8. The molecule has 3 atom stereocenters. The molecule has 2 aliphatic carbocycles. The SMILES string of the molecule is CCCCCc1ccc([C@@H]2CC[C@H]3CCCC[C@@H]3C2)cc1. The number of benzene rings is 1. The lowest BCUT2D eigenvalue weighted by molar-refractivity contribution is 0.155. The molecule has 0 nitrogen and oxygen atoms in total. The topological polar surface area (TPSA) is 0 Å². The Morgan fingerprint density at radius 2 is 1.62 bits per heavy atom. The van der Waals surface area contributed by atoms with Gasteiger partial charge in [0.1, 0.15) is 0 Å². The molecule has 0 aliphatic heterocycles. The van der Waals surface area contributed by atoms with E-state index < -0.39 is 0 Å². The average Bonchev–Trinajstić information content (AvgIpc) is 2.55. The van der Waals surface area contributed by atoms with Gasteiger partial charge in [-0.05, 0) is 61.0 Å². The predicted molar refractivity (Wildman–Crippen MR) is 91.7 cm³/mol. The molecular formula is C21H32. The Kier molecular flexibility index (Phi) is 5.38. The second kappa shape index (κ2) is 7.47. The van der Waals surface area contributed by atoms with E-state index in [0.717, 1.165) is 17.8 Å². The summed E-state index contributed by atoms with van der Waals surface area (Å²) in [6.07, 6.45) is 15.7. The van der Waals surface area contributed by atoms with Gasteiger partial charge in [-0.3, -0.25) is 0 Å². The van der Waals surface area contributed by atoms with Crippen LogP contribution in [0.1, 0.15) is 88.2 Å². The summed E-state index contributed by atoms with van der Waals surface area (Å²) in [7, 11) is 0. The largest absolute Gasteiger partial charge is 0.0654 e. The molecule has 3 rings (SSSR count). The lowest BCUT2D eigenvalue weighted by atomic mass is 9.66. The molecule has 2 saturated carbocycles. The summed E-state index contributed by atoms with van der Waals surface area (Å²) in [5.41, 5.74) is 3.16. The Bertz CT molecular complexity index is 416. The van der Waals surface area contributed by atoms with Crippen LogP contribution in [-0.4, -0.2) is 0 Å². The Morgan fingerprint density at radius 1 is 0.857 bits per heavy atom. The lowest BCUT2D eigenvalue weighted by Crippen LogP contribution is -2.26. The van der Waals surface area contributed by atoms with Crippen molar-refractivity contribution in [1.29, 1.82) is 0 Å². The number of hydrogen-bond donors (Lipinski definition) is 0. The predicted octanol–water partition coefficient (Wildman–Crippen LogP) is 6.49. The van der Waals surface area contributed by atoms with Gasteiger partial charge in [-0.15, -0.1) is 0 Å². The van der Waals surface area contributed by atoms with E-state index in [2.05, 4.69) is 31.2 Å². The summed E-state index contributed by atoms with van der Waals surface area (Å²) < 4.78 is 0. The first-order valence-corrected chi connectivity index (χ1v) is 9.45. The van der Waals surface area contributed by atoms with E-state index in [1.807, 2.05) is 0 Å². The fraction of sp³-hybridized carbons (Fsp3) is 0.714. The van der Waals surface area contributed by atoms with Gasteiger partial charge in [-0.2, -0.15) is 0 Å². The zero-order valence-corrected chi connectivity index (χ0v) is 13.8. The van der Waals surface area contributed by atoms with E-state index in [9.17, 15) is 0 Å². The van der Waals surface area contributed by atoms with Crippen LogP contribution < -0.4 is 0 Å². The summed E-state index contributed by atoms with van der Waals surface area (Å²) in [5, 5.41) is 0. The minimum atomic E-state index is 0.856. The molecule has 0 bridgehead atoms. The quantitative estimate of drug-likeness (QED) is 0.542. The van der Waals surface area contributed by atoms with Crippen LogP contribution in [0.4, 0.5) is 0 Å². The zero-order chi connectivity index (χ0) is 14.5. The van der Waals surface area contributed by atoms with E-state index >= 15 is 0 Å². The van der Waals surface area contributed by atoms with Crippen molar-refractivity contribution in [3.05, 3.63) is 35.4 Å². The van der Waals surface area contributed by atoms with Crippen LogP contribution in [0.2, 0.25) is 0 Å². The molecule has 0 amide bonds. The molecule has 0 heterocycles. The molecule has 0 heteroatoms. The van der Waals surface area contributed by atoms with Crippen LogP contribution in [0.3, 0.4) is 0 Å². The third kappa shape index (κ3) is 3.90.